The number of fused-ring (bicyclic) bond motifs is 1. The first-order valence-electron chi connectivity index (χ1n) is 5.27. The number of ether oxygens (including phenoxy) is 2. The molecule has 2 aromatic rings. The Hall–Kier alpha value is -1.55. The fourth-order valence-electron chi connectivity index (χ4n) is 1.64. The quantitative estimate of drug-likeness (QED) is 0.788. The van der Waals surface area contributed by atoms with E-state index in [1.165, 1.54) is 0 Å². The Morgan fingerprint density at radius 1 is 1.18 bits per heavy atom. The molecule has 0 fully saturated rings. The lowest BCUT2D eigenvalue weighted by Crippen LogP contribution is -1.97. The Morgan fingerprint density at radius 2 is 1.94 bits per heavy atom. The molecule has 1 aromatic heterocycles. The second kappa shape index (κ2) is 4.75. The van der Waals surface area contributed by atoms with Crippen LogP contribution in [0.3, 0.4) is 0 Å². The van der Waals surface area contributed by atoms with Crippen LogP contribution in [0.1, 0.15) is 12.7 Å². The van der Waals surface area contributed by atoms with Crippen molar-refractivity contribution in [1.82, 2.24) is 9.97 Å². The van der Waals surface area contributed by atoms with Gasteiger partial charge in [0.05, 0.1) is 25.1 Å². The number of nitrogens with zero attached hydrogens (tertiary/aromatic N) is 2. The van der Waals surface area contributed by atoms with Crippen LogP contribution >= 0.6 is 11.6 Å². The number of benzene rings is 1. The van der Waals surface area contributed by atoms with Gasteiger partial charge >= 0.3 is 0 Å². The van der Waals surface area contributed by atoms with E-state index in [-0.39, 0.29) is 0 Å². The summed E-state index contributed by atoms with van der Waals surface area (Å²) in [5, 5.41) is 1.12. The van der Waals surface area contributed by atoms with Crippen LogP contribution in [0.15, 0.2) is 12.1 Å². The van der Waals surface area contributed by atoms with Gasteiger partial charge in [0.15, 0.2) is 0 Å². The van der Waals surface area contributed by atoms with Crippen molar-refractivity contribution in [2.24, 2.45) is 0 Å². The molecule has 5 heteroatoms. The lowest BCUT2D eigenvalue weighted by atomic mass is 10.2. The van der Waals surface area contributed by atoms with Gasteiger partial charge in [0.25, 0.3) is 0 Å². The van der Waals surface area contributed by atoms with E-state index in [4.69, 9.17) is 21.1 Å². The Bertz CT molecular complexity index is 552. The van der Waals surface area contributed by atoms with Gasteiger partial charge in [-0.3, -0.25) is 0 Å². The van der Waals surface area contributed by atoms with Gasteiger partial charge in [-0.1, -0.05) is 18.5 Å². The molecule has 90 valence electrons. The van der Waals surface area contributed by atoms with Gasteiger partial charge in [-0.25, -0.2) is 9.97 Å². The van der Waals surface area contributed by atoms with Gasteiger partial charge in [-0.15, -0.1) is 0 Å². The van der Waals surface area contributed by atoms with Crippen molar-refractivity contribution in [3.05, 3.63) is 23.1 Å². The summed E-state index contributed by atoms with van der Waals surface area (Å²) in [5.41, 5.74) is 0.734. The normalized spacial score (nSPS) is 10.6. The first-order chi connectivity index (χ1) is 8.19. The van der Waals surface area contributed by atoms with Crippen molar-refractivity contribution in [2.45, 2.75) is 13.3 Å². The monoisotopic (exact) mass is 252 g/mol. The third-order valence-electron chi connectivity index (χ3n) is 2.51. The molecule has 0 aliphatic carbocycles. The maximum Gasteiger partial charge on any atom is 0.144 e. The molecule has 0 radical (unpaired) electrons. The van der Waals surface area contributed by atoms with Crippen LogP contribution in [0.5, 0.6) is 11.5 Å². The summed E-state index contributed by atoms with van der Waals surface area (Å²) in [7, 11) is 3.18. The molecule has 1 heterocycles. The Labute approximate surface area is 105 Å². The maximum atomic E-state index is 6.15. The molecular weight excluding hydrogens is 240 g/mol. The van der Waals surface area contributed by atoms with Crippen LogP contribution in [0.25, 0.3) is 10.9 Å². The largest absolute Gasteiger partial charge is 0.497 e. The van der Waals surface area contributed by atoms with E-state index in [1.54, 1.807) is 20.3 Å². The van der Waals surface area contributed by atoms with Crippen LogP contribution in [0.2, 0.25) is 5.15 Å². The van der Waals surface area contributed by atoms with E-state index in [0.717, 1.165) is 11.9 Å². The highest BCUT2D eigenvalue weighted by Crippen LogP contribution is 2.34. The molecule has 1 aromatic carbocycles. The lowest BCUT2D eigenvalue weighted by Gasteiger charge is -2.10. The number of aromatic nitrogens is 2. The number of aryl methyl sites for hydroxylation is 1. The Morgan fingerprint density at radius 3 is 2.53 bits per heavy atom. The minimum atomic E-state index is 0.409. The molecule has 0 aliphatic rings. The summed E-state index contributed by atoms with van der Waals surface area (Å²) >= 11 is 6.15. The van der Waals surface area contributed by atoms with Crippen LogP contribution < -0.4 is 9.47 Å². The van der Waals surface area contributed by atoms with E-state index < -0.39 is 0 Å². The second-order valence-corrected chi connectivity index (χ2v) is 3.87. The average Bonchev–Trinajstić information content (AvgIpc) is 2.36. The van der Waals surface area contributed by atoms with Gasteiger partial charge in [0.2, 0.25) is 0 Å². The highest BCUT2D eigenvalue weighted by molar-refractivity contribution is 6.34. The van der Waals surface area contributed by atoms with Gasteiger partial charge in [0, 0.05) is 18.6 Å². The number of hydrogen-bond donors (Lipinski definition) is 0. The Kier molecular flexibility index (Phi) is 3.33. The first kappa shape index (κ1) is 11.9. The van der Waals surface area contributed by atoms with Crippen LogP contribution in [-0.4, -0.2) is 24.2 Å². The molecule has 0 saturated carbocycles. The number of methoxy groups -OCH3 is 2. The predicted molar refractivity (Wildman–Crippen MR) is 67.0 cm³/mol. The number of halogens is 1. The third kappa shape index (κ3) is 2.13. The zero-order valence-corrected chi connectivity index (χ0v) is 10.7. The van der Waals surface area contributed by atoms with Crippen molar-refractivity contribution in [3.8, 4) is 11.5 Å². The van der Waals surface area contributed by atoms with Crippen molar-refractivity contribution in [2.75, 3.05) is 14.2 Å². The summed E-state index contributed by atoms with van der Waals surface area (Å²) in [6.45, 7) is 1.98. The van der Waals surface area contributed by atoms with Gasteiger partial charge in [-0.2, -0.15) is 0 Å². The zero-order valence-electron chi connectivity index (χ0n) is 9.95. The van der Waals surface area contributed by atoms with Crippen LogP contribution in [-0.2, 0) is 6.42 Å². The number of hydrogen-bond acceptors (Lipinski definition) is 4. The van der Waals surface area contributed by atoms with Crippen LogP contribution in [0.4, 0.5) is 0 Å². The standard InChI is InChI=1S/C12H13ClN2O2/c1-4-10-14-8-5-7(16-2)6-9(17-3)11(8)12(13)15-10/h5-6H,4H2,1-3H3. The van der Waals surface area contributed by atoms with Crippen molar-refractivity contribution >= 4 is 22.5 Å². The molecule has 0 aliphatic heterocycles. The molecule has 0 bridgehead atoms. The van der Waals surface area contributed by atoms with E-state index in [2.05, 4.69) is 9.97 Å². The minimum Gasteiger partial charge on any atom is -0.497 e. The molecule has 0 atom stereocenters. The van der Waals surface area contributed by atoms with E-state index >= 15 is 0 Å². The molecule has 0 saturated heterocycles. The highest BCUT2D eigenvalue weighted by Gasteiger charge is 2.12. The fourth-order valence-corrected chi connectivity index (χ4v) is 1.93. The van der Waals surface area contributed by atoms with E-state index in [9.17, 15) is 0 Å². The first-order valence-corrected chi connectivity index (χ1v) is 5.65. The summed E-state index contributed by atoms with van der Waals surface area (Å²) in [4.78, 5) is 8.63. The third-order valence-corrected chi connectivity index (χ3v) is 2.78. The molecule has 0 unspecified atom stereocenters. The summed E-state index contributed by atoms with van der Waals surface area (Å²) in [5.74, 6) is 2.01. The van der Waals surface area contributed by atoms with E-state index in [1.807, 2.05) is 13.0 Å². The molecule has 0 amide bonds. The van der Waals surface area contributed by atoms with Gasteiger partial charge in [0.1, 0.15) is 22.5 Å². The number of rotatable bonds is 3. The molecule has 2 rings (SSSR count). The van der Waals surface area contributed by atoms with Gasteiger partial charge in [-0.05, 0) is 0 Å². The molecule has 17 heavy (non-hydrogen) atoms. The van der Waals surface area contributed by atoms with Crippen molar-refractivity contribution in [3.63, 3.8) is 0 Å². The SMILES string of the molecule is CCc1nc(Cl)c2c(OC)cc(OC)cc2n1. The van der Waals surface area contributed by atoms with Crippen molar-refractivity contribution in [1.29, 1.82) is 0 Å². The van der Waals surface area contributed by atoms with E-state index in [0.29, 0.717) is 27.9 Å². The predicted octanol–water partition coefficient (Wildman–Crippen LogP) is 2.86. The smallest absolute Gasteiger partial charge is 0.144 e. The average molecular weight is 253 g/mol. The second-order valence-electron chi connectivity index (χ2n) is 3.51. The maximum absolute atomic E-state index is 6.15. The Balaban J connectivity index is 2.79. The fraction of sp³-hybridized carbons (Fsp3) is 0.333. The van der Waals surface area contributed by atoms with Crippen molar-refractivity contribution < 1.29 is 9.47 Å². The topological polar surface area (TPSA) is 44.2 Å². The molecule has 0 N–H and O–H groups in total. The van der Waals surface area contributed by atoms with Gasteiger partial charge < -0.3 is 9.47 Å². The lowest BCUT2D eigenvalue weighted by molar-refractivity contribution is 0.397. The highest BCUT2D eigenvalue weighted by atomic mass is 35.5. The summed E-state index contributed by atoms with van der Waals surface area (Å²) < 4.78 is 10.5. The molecular formula is C12H13ClN2O2. The summed E-state index contributed by atoms with van der Waals surface area (Å²) in [6, 6.07) is 3.59. The minimum absolute atomic E-state index is 0.409. The molecule has 4 nitrogen and oxygen atoms in total. The molecule has 0 spiro atoms. The summed E-state index contributed by atoms with van der Waals surface area (Å²) in [6.07, 6.45) is 0.731. The zero-order chi connectivity index (χ0) is 12.4. The van der Waals surface area contributed by atoms with Crippen LogP contribution in [0, 0.1) is 0 Å².